The number of rotatable bonds is 7. The topological polar surface area (TPSA) is 26.3 Å². The number of likely N-dealkylation sites (N-methyl/N-ethyl adjacent to an activating group) is 1. The highest BCUT2D eigenvalue weighted by molar-refractivity contribution is 6.31. The van der Waals surface area contributed by atoms with Crippen LogP contribution in [0.25, 0.3) is 0 Å². The summed E-state index contributed by atoms with van der Waals surface area (Å²) in [5, 5.41) is 0.781. The summed E-state index contributed by atoms with van der Waals surface area (Å²) in [7, 11) is 2.13. The third kappa shape index (κ3) is 5.05. The fraction of sp³-hybridized carbons (Fsp3) is 0.400. The van der Waals surface area contributed by atoms with Gasteiger partial charge in [0.15, 0.2) is 0 Å². The zero-order valence-corrected chi connectivity index (χ0v) is 12.3. The summed E-state index contributed by atoms with van der Waals surface area (Å²) in [5.41, 5.74) is 1.11. The van der Waals surface area contributed by atoms with Gasteiger partial charge in [-0.1, -0.05) is 36.4 Å². The van der Waals surface area contributed by atoms with Crippen molar-refractivity contribution in [1.29, 1.82) is 0 Å². The van der Waals surface area contributed by atoms with E-state index in [9.17, 15) is 4.79 Å². The van der Waals surface area contributed by atoms with Crippen LogP contribution in [0.2, 0.25) is 5.02 Å². The van der Waals surface area contributed by atoms with Gasteiger partial charge in [-0.05, 0) is 13.0 Å². The first-order valence-electron chi connectivity index (χ1n) is 6.37. The Bertz CT molecular complexity index is 448. The predicted octanol–water partition coefficient (Wildman–Crippen LogP) is 3.04. The lowest BCUT2D eigenvalue weighted by Gasteiger charge is -2.33. The molecule has 1 aromatic carbocycles. The summed E-state index contributed by atoms with van der Waals surface area (Å²) in [6.07, 6.45) is 1.18. The highest BCUT2D eigenvalue weighted by Crippen LogP contribution is 2.20. The predicted molar refractivity (Wildman–Crippen MR) is 77.9 cm³/mol. The SMILES string of the molecule is C=CC(=O)OCC[N+](C)(CC)Cc1ccccc1Cl. The number of esters is 1. The number of halogens is 1. The van der Waals surface area contributed by atoms with Crippen LogP contribution in [-0.4, -0.2) is 37.2 Å². The van der Waals surface area contributed by atoms with Crippen molar-refractivity contribution in [2.45, 2.75) is 13.5 Å². The van der Waals surface area contributed by atoms with E-state index < -0.39 is 0 Å². The zero-order valence-electron chi connectivity index (χ0n) is 11.6. The number of carbonyl (C=O) groups excluding carboxylic acids is 1. The van der Waals surface area contributed by atoms with Crippen molar-refractivity contribution < 1.29 is 14.0 Å². The van der Waals surface area contributed by atoms with Crippen molar-refractivity contribution in [1.82, 2.24) is 0 Å². The van der Waals surface area contributed by atoms with Crippen molar-refractivity contribution in [3.8, 4) is 0 Å². The van der Waals surface area contributed by atoms with Crippen LogP contribution in [0.15, 0.2) is 36.9 Å². The van der Waals surface area contributed by atoms with E-state index in [0.29, 0.717) is 6.61 Å². The maximum atomic E-state index is 11.0. The Morgan fingerprint density at radius 1 is 1.47 bits per heavy atom. The number of hydrogen-bond donors (Lipinski definition) is 0. The molecule has 104 valence electrons. The normalized spacial score (nSPS) is 13.6. The molecule has 0 aromatic heterocycles. The molecule has 0 saturated carbocycles. The first-order chi connectivity index (χ1) is 9.00. The number of quaternary nitrogens is 1. The molecule has 1 aromatic rings. The average molecular weight is 283 g/mol. The summed E-state index contributed by atoms with van der Waals surface area (Å²) in [6.45, 7) is 8.40. The second-order valence-electron chi connectivity index (χ2n) is 4.78. The van der Waals surface area contributed by atoms with E-state index in [0.717, 1.165) is 34.7 Å². The lowest BCUT2D eigenvalue weighted by molar-refractivity contribution is -0.921. The van der Waals surface area contributed by atoms with E-state index in [1.807, 2.05) is 24.3 Å². The fourth-order valence-corrected chi connectivity index (χ4v) is 2.01. The van der Waals surface area contributed by atoms with E-state index >= 15 is 0 Å². The summed E-state index contributed by atoms with van der Waals surface area (Å²) in [4.78, 5) is 11.0. The minimum absolute atomic E-state index is 0.375. The van der Waals surface area contributed by atoms with Gasteiger partial charge in [0, 0.05) is 16.7 Å². The van der Waals surface area contributed by atoms with Crippen LogP contribution in [0.1, 0.15) is 12.5 Å². The molecule has 1 atom stereocenters. The van der Waals surface area contributed by atoms with Gasteiger partial charge < -0.3 is 9.22 Å². The molecule has 0 saturated heterocycles. The van der Waals surface area contributed by atoms with Gasteiger partial charge >= 0.3 is 5.97 Å². The van der Waals surface area contributed by atoms with Crippen LogP contribution < -0.4 is 0 Å². The average Bonchev–Trinajstić information content (AvgIpc) is 2.41. The molecule has 4 heteroatoms. The van der Waals surface area contributed by atoms with Crippen LogP contribution in [0, 0.1) is 0 Å². The quantitative estimate of drug-likeness (QED) is 0.436. The summed E-state index contributed by atoms with van der Waals surface area (Å²) < 4.78 is 5.82. The Kier molecular flexibility index (Phi) is 6.06. The highest BCUT2D eigenvalue weighted by atomic mass is 35.5. The Balaban J connectivity index is 2.62. The van der Waals surface area contributed by atoms with Gasteiger partial charge in [0.25, 0.3) is 0 Å². The molecule has 0 aliphatic rings. The van der Waals surface area contributed by atoms with Crippen LogP contribution in [0.5, 0.6) is 0 Å². The first kappa shape index (κ1) is 15.7. The van der Waals surface area contributed by atoms with E-state index in [-0.39, 0.29) is 5.97 Å². The van der Waals surface area contributed by atoms with E-state index in [1.165, 1.54) is 6.08 Å². The highest BCUT2D eigenvalue weighted by Gasteiger charge is 2.21. The van der Waals surface area contributed by atoms with Gasteiger partial charge in [-0.3, -0.25) is 0 Å². The lowest BCUT2D eigenvalue weighted by Crippen LogP contribution is -2.45. The molecule has 1 rings (SSSR count). The largest absolute Gasteiger partial charge is 0.457 e. The summed E-state index contributed by atoms with van der Waals surface area (Å²) in [5.74, 6) is -0.375. The van der Waals surface area contributed by atoms with Crippen LogP contribution in [-0.2, 0) is 16.1 Å². The van der Waals surface area contributed by atoms with Crippen LogP contribution >= 0.6 is 11.6 Å². The van der Waals surface area contributed by atoms with Crippen molar-refractivity contribution in [2.24, 2.45) is 0 Å². The molecule has 0 aliphatic carbocycles. The lowest BCUT2D eigenvalue weighted by atomic mass is 10.2. The number of benzene rings is 1. The second kappa shape index (κ2) is 7.31. The summed E-state index contributed by atoms with van der Waals surface area (Å²) >= 11 is 6.19. The van der Waals surface area contributed by atoms with Gasteiger partial charge in [0.1, 0.15) is 19.7 Å². The minimum Gasteiger partial charge on any atom is -0.457 e. The molecule has 1 unspecified atom stereocenters. The van der Waals surface area contributed by atoms with Gasteiger partial charge in [-0.2, -0.15) is 0 Å². The molecule has 0 bridgehead atoms. The number of carbonyl (C=O) groups is 1. The molecule has 0 spiro atoms. The van der Waals surface area contributed by atoms with Crippen molar-refractivity contribution in [2.75, 3.05) is 26.7 Å². The van der Waals surface area contributed by atoms with Gasteiger partial charge in [0.2, 0.25) is 0 Å². The third-order valence-corrected chi connectivity index (χ3v) is 3.68. The van der Waals surface area contributed by atoms with Crippen LogP contribution in [0.3, 0.4) is 0 Å². The van der Waals surface area contributed by atoms with Gasteiger partial charge in [-0.15, -0.1) is 0 Å². The molecule has 19 heavy (non-hydrogen) atoms. The number of ether oxygens (including phenoxy) is 1. The number of nitrogens with zero attached hydrogens (tertiary/aromatic N) is 1. The Morgan fingerprint density at radius 3 is 2.74 bits per heavy atom. The first-order valence-corrected chi connectivity index (χ1v) is 6.74. The molecule has 0 fully saturated rings. The van der Waals surface area contributed by atoms with Crippen molar-refractivity contribution in [3.63, 3.8) is 0 Å². The van der Waals surface area contributed by atoms with Gasteiger partial charge in [-0.25, -0.2) is 4.79 Å². The van der Waals surface area contributed by atoms with E-state index in [1.54, 1.807) is 0 Å². The standard InChI is InChI=1S/C15H21ClNO2/c1-4-15(18)19-11-10-17(3,5-2)12-13-8-6-7-9-14(13)16/h4,6-9H,1,5,10-12H2,2-3H3/q+1. The van der Waals surface area contributed by atoms with Gasteiger partial charge in [0.05, 0.1) is 13.6 Å². The molecule has 3 nitrogen and oxygen atoms in total. The maximum absolute atomic E-state index is 11.0. The van der Waals surface area contributed by atoms with Crippen molar-refractivity contribution >= 4 is 17.6 Å². The molecule has 0 aliphatic heterocycles. The fourth-order valence-electron chi connectivity index (χ4n) is 1.81. The third-order valence-electron chi connectivity index (χ3n) is 3.32. The Hall–Kier alpha value is -1.32. The molecule has 0 amide bonds. The van der Waals surface area contributed by atoms with Crippen molar-refractivity contribution in [3.05, 3.63) is 47.5 Å². The maximum Gasteiger partial charge on any atom is 0.330 e. The molecular formula is C15H21ClNO2+. The smallest absolute Gasteiger partial charge is 0.330 e. The van der Waals surface area contributed by atoms with E-state index in [4.69, 9.17) is 16.3 Å². The Morgan fingerprint density at radius 2 is 2.16 bits per heavy atom. The molecular weight excluding hydrogens is 262 g/mol. The number of hydrogen-bond acceptors (Lipinski definition) is 2. The molecule has 0 radical (unpaired) electrons. The van der Waals surface area contributed by atoms with E-state index in [2.05, 4.69) is 20.6 Å². The molecule has 0 heterocycles. The second-order valence-corrected chi connectivity index (χ2v) is 5.19. The molecule has 0 N–H and O–H groups in total. The van der Waals surface area contributed by atoms with Crippen LogP contribution in [0.4, 0.5) is 0 Å². The monoisotopic (exact) mass is 282 g/mol. The Labute approximate surface area is 120 Å². The summed E-state index contributed by atoms with van der Waals surface area (Å²) in [6, 6.07) is 7.84. The minimum atomic E-state index is -0.375. The zero-order chi connectivity index (χ0) is 14.3.